The largest absolute Gasteiger partial charge is 0.345 e. The van der Waals surface area contributed by atoms with Gasteiger partial charge in [0, 0.05) is 37.6 Å². The van der Waals surface area contributed by atoms with Gasteiger partial charge in [-0.15, -0.1) is 5.10 Å². The lowest BCUT2D eigenvalue weighted by Gasteiger charge is -2.10. The molecule has 3 heterocycles. The maximum Gasteiger partial charge on any atom is 0.253 e. The first-order valence-corrected chi connectivity index (χ1v) is 10.6. The number of pyridine rings is 1. The standard InChI is InChI=1S/C25H23N7O/c1-30(2)24(33)20-12-10-19(11-13-20)22-9-6-14-32-23(22)28-25(29-32)27-21-15-26-31(17-21)16-18-7-4-3-5-8-18/h3-15,17H,16H2,1-2H3,(H,27,29). The molecule has 5 rings (SSSR count). The number of nitrogens with zero attached hydrogens (tertiary/aromatic N) is 6. The van der Waals surface area contributed by atoms with Gasteiger partial charge in [-0.05, 0) is 35.4 Å². The second-order valence-corrected chi connectivity index (χ2v) is 7.94. The molecular formula is C25H23N7O. The zero-order valence-corrected chi connectivity index (χ0v) is 18.4. The number of anilines is 2. The maximum atomic E-state index is 12.2. The van der Waals surface area contributed by atoms with Gasteiger partial charge in [0.15, 0.2) is 5.65 Å². The summed E-state index contributed by atoms with van der Waals surface area (Å²) in [7, 11) is 3.49. The monoisotopic (exact) mass is 437 g/mol. The predicted molar refractivity (Wildman–Crippen MR) is 127 cm³/mol. The molecule has 1 N–H and O–H groups in total. The van der Waals surface area contributed by atoms with E-state index in [1.807, 2.05) is 71.7 Å². The third-order valence-corrected chi connectivity index (χ3v) is 5.29. The van der Waals surface area contributed by atoms with E-state index in [0.29, 0.717) is 18.1 Å². The Labute approximate surface area is 191 Å². The molecule has 8 nitrogen and oxygen atoms in total. The van der Waals surface area contributed by atoms with Crippen molar-refractivity contribution in [1.82, 2.24) is 29.3 Å². The lowest BCUT2D eigenvalue weighted by Crippen LogP contribution is -2.21. The number of hydrogen-bond acceptors (Lipinski definition) is 5. The molecule has 1 amide bonds. The highest BCUT2D eigenvalue weighted by Gasteiger charge is 2.12. The minimum absolute atomic E-state index is 0.0264. The molecule has 0 atom stereocenters. The second kappa shape index (κ2) is 8.58. The SMILES string of the molecule is CN(C)C(=O)c1ccc(-c2cccn3nc(Nc4cnn(Cc5ccccc5)c4)nc23)cc1. The third-order valence-electron chi connectivity index (χ3n) is 5.29. The first-order valence-electron chi connectivity index (χ1n) is 10.6. The molecule has 0 bridgehead atoms. The Morgan fingerprint density at radius 1 is 1.00 bits per heavy atom. The van der Waals surface area contributed by atoms with Crippen molar-refractivity contribution in [3.05, 3.63) is 96.4 Å². The van der Waals surface area contributed by atoms with E-state index in [1.165, 1.54) is 5.56 Å². The molecule has 0 saturated carbocycles. The number of aromatic nitrogens is 5. The Morgan fingerprint density at radius 3 is 2.55 bits per heavy atom. The lowest BCUT2D eigenvalue weighted by atomic mass is 10.0. The summed E-state index contributed by atoms with van der Waals surface area (Å²) in [5, 5.41) is 12.2. The van der Waals surface area contributed by atoms with Gasteiger partial charge in [-0.1, -0.05) is 42.5 Å². The summed E-state index contributed by atoms with van der Waals surface area (Å²) in [5.41, 5.74) is 5.26. The molecule has 0 aliphatic rings. The van der Waals surface area contributed by atoms with Crippen LogP contribution in [0.5, 0.6) is 0 Å². The van der Waals surface area contributed by atoms with Crippen molar-refractivity contribution >= 4 is 23.2 Å². The number of carbonyl (C=O) groups excluding carboxylic acids is 1. The summed E-state index contributed by atoms with van der Waals surface area (Å²) in [6.45, 7) is 0.692. The minimum atomic E-state index is -0.0264. The summed E-state index contributed by atoms with van der Waals surface area (Å²) < 4.78 is 3.61. The zero-order chi connectivity index (χ0) is 22.8. The van der Waals surface area contributed by atoms with Crippen LogP contribution in [0.15, 0.2) is 85.3 Å². The van der Waals surface area contributed by atoms with Crippen molar-refractivity contribution in [2.24, 2.45) is 0 Å². The summed E-state index contributed by atoms with van der Waals surface area (Å²) in [5.74, 6) is 0.461. The van der Waals surface area contributed by atoms with E-state index in [2.05, 4.69) is 27.6 Å². The molecule has 0 spiro atoms. The molecule has 2 aromatic carbocycles. The van der Waals surface area contributed by atoms with E-state index in [0.717, 1.165) is 22.5 Å². The first kappa shape index (κ1) is 20.4. The van der Waals surface area contributed by atoms with Gasteiger partial charge in [0.25, 0.3) is 5.91 Å². The van der Waals surface area contributed by atoms with Crippen LogP contribution < -0.4 is 5.32 Å². The number of fused-ring (bicyclic) bond motifs is 1. The van der Waals surface area contributed by atoms with Gasteiger partial charge in [0.1, 0.15) is 0 Å². The molecule has 0 fully saturated rings. The number of rotatable bonds is 6. The second-order valence-electron chi connectivity index (χ2n) is 7.94. The van der Waals surface area contributed by atoms with Crippen LogP contribution in [0.1, 0.15) is 15.9 Å². The van der Waals surface area contributed by atoms with E-state index in [-0.39, 0.29) is 5.91 Å². The van der Waals surface area contributed by atoms with E-state index in [1.54, 1.807) is 29.7 Å². The van der Waals surface area contributed by atoms with Gasteiger partial charge in [-0.25, -0.2) is 4.52 Å². The minimum Gasteiger partial charge on any atom is -0.345 e. The maximum absolute atomic E-state index is 12.2. The number of nitrogens with one attached hydrogen (secondary N) is 1. The number of carbonyl (C=O) groups is 1. The van der Waals surface area contributed by atoms with E-state index >= 15 is 0 Å². The Kier molecular flexibility index (Phi) is 5.32. The predicted octanol–water partition coefficient (Wildman–Crippen LogP) is 4.09. The Bertz CT molecular complexity index is 1400. The zero-order valence-electron chi connectivity index (χ0n) is 18.4. The topological polar surface area (TPSA) is 80.4 Å². The Morgan fingerprint density at radius 2 is 1.79 bits per heavy atom. The Hall–Kier alpha value is -4.46. The molecule has 164 valence electrons. The third kappa shape index (κ3) is 4.31. The van der Waals surface area contributed by atoms with Gasteiger partial charge in [-0.3, -0.25) is 9.48 Å². The molecule has 0 radical (unpaired) electrons. The molecule has 8 heteroatoms. The first-order chi connectivity index (χ1) is 16.1. The fourth-order valence-corrected chi connectivity index (χ4v) is 3.65. The number of hydrogen-bond donors (Lipinski definition) is 1. The van der Waals surface area contributed by atoms with E-state index in [4.69, 9.17) is 4.98 Å². The van der Waals surface area contributed by atoms with Crippen LogP contribution in [0, 0.1) is 0 Å². The van der Waals surface area contributed by atoms with Gasteiger partial charge in [0.2, 0.25) is 5.95 Å². The average Bonchev–Trinajstić information content (AvgIpc) is 3.45. The van der Waals surface area contributed by atoms with Crippen LogP contribution in [-0.4, -0.2) is 49.3 Å². The van der Waals surface area contributed by atoms with Gasteiger partial charge < -0.3 is 10.2 Å². The van der Waals surface area contributed by atoms with Crippen LogP contribution in [-0.2, 0) is 6.54 Å². The molecule has 0 unspecified atom stereocenters. The van der Waals surface area contributed by atoms with E-state index < -0.39 is 0 Å². The van der Waals surface area contributed by atoms with Crippen LogP contribution in [0.2, 0.25) is 0 Å². The molecule has 0 aliphatic carbocycles. The quantitative estimate of drug-likeness (QED) is 0.433. The van der Waals surface area contributed by atoms with Crippen LogP contribution in [0.4, 0.5) is 11.6 Å². The summed E-state index contributed by atoms with van der Waals surface area (Å²) in [6, 6.07) is 21.6. The summed E-state index contributed by atoms with van der Waals surface area (Å²) in [4.78, 5) is 18.4. The van der Waals surface area contributed by atoms with Crippen LogP contribution in [0.25, 0.3) is 16.8 Å². The van der Waals surface area contributed by atoms with Crippen molar-refractivity contribution in [2.75, 3.05) is 19.4 Å². The van der Waals surface area contributed by atoms with E-state index in [9.17, 15) is 4.79 Å². The van der Waals surface area contributed by atoms with Gasteiger partial charge >= 0.3 is 0 Å². The van der Waals surface area contributed by atoms with Crippen LogP contribution >= 0.6 is 0 Å². The number of benzene rings is 2. The normalized spacial score (nSPS) is 11.0. The average molecular weight is 438 g/mol. The molecule has 0 aliphatic heterocycles. The highest BCUT2D eigenvalue weighted by atomic mass is 16.2. The van der Waals surface area contributed by atoms with Crippen molar-refractivity contribution in [3.8, 4) is 11.1 Å². The van der Waals surface area contributed by atoms with Crippen molar-refractivity contribution in [2.45, 2.75) is 6.54 Å². The van der Waals surface area contributed by atoms with Crippen molar-refractivity contribution in [1.29, 1.82) is 0 Å². The molecule has 0 saturated heterocycles. The van der Waals surface area contributed by atoms with Crippen molar-refractivity contribution in [3.63, 3.8) is 0 Å². The lowest BCUT2D eigenvalue weighted by molar-refractivity contribution is 0.0827. The fourth-order valence-electron chi connectivity index (χ4n) is 3.65. The van der Waals surface area contributed by atoms with Crippen molar-refractivity contribution < 1.29 is 4.79 Å². The number of amides is 1. The summed E-state index contributed by atoms with van der Waals surface area (Å²) in [6.07, 6.45) is 5.55. The highest BCUT2D eigenvalue weighted by Crippen LogP contribution is 2.25. The molecule has 5 aromatic rings. The van der Waals surface area contributed by atoms with Crippen LogP contribution in [0.3, 0.4) is 0 Å². The molecule has 33 heavy (non-hydrogen) atoms. The molecule has 3 aromatic heterocycles. The smallest absolute Gasteiger partial charge is 0.253 e. The van der Waals surface area contributed by atoms with Gasteiger partial charge in [0.05, 0.1) is 18.4 Å². The fraction of sp³-hybridized carbons (Fsp3) is 0.120. The highest BCUT2D eigenvalue weighted by molar-refractivity contribution is 5.94. The Balaban J connectivity index is 1.38. The molecular weight excluding hydrogens is 414 g/mol. The van der Waals surface area contributed by atoms with Gasteiger partial charge in [-0.2, -0.15) is 10.1 Å². The summed E-state index contributed by atoms with van der Waals surface area (Å²) >= 11 is 0.